The summed E-state index contributed by atoms with van der Waals surface area (Å²) in [4.78, 5) is 105. The molecule has 4 aromatic rings. The topological polar surface area (TPSA) is 354 Å². The predicted molar refractivity (Wildman–Crippen MR) is 303 cm³/mol. The van der Waals surface area contributed by atoms with Gasteiger partial charge >= 0.3 is 5.97 Å². The van der Waals surface area contributed by atoms with Gasteiger partial charge in [-0.2, -0.15) is 4.72 Å². The van der Waals surface area contributed by atoms with E-state index < -0.39 is 76.0 Å². The molecule has 0 spiro atoms. The Morgan fingerprint density at radius 1 is 0.805 bits per heavy atom. The van der Waals surface area contributed by atoms with Crippen LogP contribution >= 0.6 is 0 Å². The summed E-state index contributed by atoms with van der Waals surface area (Å²) in [6.07, 6.45) is 3.87. The number of fused-ring (bicyclic) bond motifs is 1. The van der Waals surface area contributed by atoms with Gasteiger partial charge in [0.25, 0.3) is 5.91 Å². The number of ether oxygens (including phenoxy) is 1. The highest BCUT2D eigenvalue weighted by Gasteiger charge is 2.30. The maximum atomic E-state index is 13.7. The number of anilines is 1. The minimum Gasteiger partial charge on any atom is -0.494 e. The molecule has 2 aromatic heterocycles. The molecule has 4 radical (unpaired) electrons. The first kappa shape index (κ1) is 65.8. The number of H-pyrrole nitrogens is 1. The Bertz CT molecular complexity index is 2950. The fourth-order valence-electron chi connectivity index (χ4n) is 9.02. The summed E-state index contributed by atoms with van der Waals surface area (Å²) < 4.78 is 36.9. The first-order valence-corrected chi connectivity index (χ1v) is 28.5. The lowest BCUT2D eigenvalue weighted by Gasteiger charge is -2.32. The number of nitrogens with zero attached hydrogens (tertiary/aromatic N) is 6. The third kappa shape index (κ3) is 20.4. The Balaban J connectivity index is 1.02. The van der Waals surface area contributed by atoms with Crippen molar-refractivity contribution < 1.29 is 57.2 Å². The number of β-amino-alcohol motifs (C(OH)–C–C–N with tert-alkyl or cyclic N) is 2. The number of amides is 5. The molecule has 1 saturated heterocycles. The van der Waals surface area contributed by atoms with Gasteiger partial charge in [-0.15, -0.1) is 0 Å². The highest BCUT2D eigenvalue weighted by Crippen LogP contribution is 2.26. The van der Waals surface area contributed by atoms with Crippen LogP contribution in [0.25, 0.3) is 10.9 Å². The first-order valence-electron chi connectivity index (χ1n) is 27.1. The zero-order chi connectivity index (χ0) is 60.1. The molecule has 1 unspecified atom stereocenters. The van der Waals surface area contributed by atoms with Crippen molar-refractivity contribution in [3.63, 3.8) is 0 Å². The number of rotatable bonds is 28. The van der Waals surface area contributed by atoms with E-state index in [1.165, 1.54) is 32.2 Å². The molecule has 5 amide bonds. The maximum Gasteiger partial charge on any atom is 0.323 e. The number of aliphatic hydroxyl groups is 2. The molecule has 3 heterocycles. The number of aliphatic hydroxyl groups excluding tert-OH is 1. The quantitative estimate of drug-likeness (QED) is 0.0233. The smallest absolute Gasteiger partial charge is 0.323 e. The number of benzene rings is 2. The number of imidazole rings is 1. The Hall–Kier alpha value is -7.05. The number of pyridine rings is 1. The van der Waals surface area contributed by atoms with Gasteiger partial charge in [-0.3, -0.25) is 53.2 Å². The van der Waals surface area contributed by atoms with Gasteiger partial charge in [-0.05, 0) is 74.1 Å². The van der Waals surface area contributed by atoms with Crippen LogP contribution in [0.1, 0.15) is 66.6 Å². The van der Waals surface area contributed by atoms with E-state index in [0.717, 1.165) is 5.56 Å². The minimum atomic E-state index is -4.50. The van der Waals surface area contributed by atoms with Crippen LogP contribution in [-0.4, -0.2) is 209 Å². The minimum absolute atomic E-state index is 0.00158. The number of carbonyl (C=O) groups excluding carboxylic acids is 5. The average molecular weight is 1160 g/mol. The largest absolute Gasteiger partial charge is 0.494 e. The summed E-state index contributed by atoms with van der Waals surface area (Å²) in [5, 5.41) is 45.8. The first-order chi connectivity index (χ1) is 39.0. The van der Waals surface area contributed by atoms with Crippen LogP contribution < -0.4 is 46.8 Å². The summed E-state index contributed by atoms with van der Waals surface area (Å²) in [7, 11) is 9.37. The van der Waals surface area contributed by atoms with Crippen molar-refractivity contribution in [2.24, 2.45) is 7.05 Å². The number of carboxylic acids is 1. The molecule has 0 bridgehead atoms. The van der Waals surface area contributed by atoms with E-state index in [4.69, 9.17) is 18.8 Å². The molecule has 448 valence electrons. The van der Waals surface area contributed by atoms with Crippen LogP contribution in [-0.2, 0) is 47.6 Å². The molecule has 28 heteroatoms. The van der Waals surface area contributed by atoms with Crippen LogP contribution in [0.2, 0.25) is 0 Å². The number of hydrogen-bond donors (Lipinski definition) is 11. The van der Waals surface area contributed by atoms with Gasteiger partial charge in [-0.25, -0.2) is 13.4 Å². The average Bonchev–Trinajstić information content (AvgIpc) is 3.75. The molecule has 3 atom stereocenters. The second-order valence-electron chi connectivity index (χ2n) is 20.0. The summed E-state index contributed by atoms with van der Waals surface area (Å²) in [5.74, 6) is -3.38. The van der Waals surface area contributed by atoms with Crippen molar-refractivity contribution in [2.45, 2.75) is 89.2 Å². The van der Waals surface area contributed by atoms with E-state index in [9.17, 15) is 57.3 Å². The van der Waals surface area contributed by atoms with E-state index in [1.54, 1.807) is 65.9 Å². The third-order valence-corrected chi connectivity index (χ3v) is 15.3. The highest BCUT2D eigenvalue weighted by atomic mass is 32.2. The summed E-state index contributed by atoms with van der Waals surface area (Å²) >= 11 is 0. The molecule has 82 heavy (non-hydrogen) atoms. The lowest BCUT2D eigenvalue weighted by molar-refractivity contribution is -0.138. The predicted octanol–water partition coefficient (Wildman–Crippen LogP) is -1.30. The number of hydrogen-bond acceptors (Lipinski definition) is 18. The number of aliphatic carboxylic acids is 1. The van der Waals surface area contributed by atoms with Crippen molar-refractivity contribution in [1.29, 1.82) is 0 Å². The number of aryl methyl sites for hydroxylation is 3. The molecule has 27 nitrogen and oxygen atoms in total. The van der Waals surface area contributed by atoms with Gasteiger partial charge in [0.2, 0.25) is 39.1 Å². The van der Waals surface area contributed by atoms with Crippen LogP contribution in [0.5, 0.6) is 5.75 Å². The van der Waals surface area contributed by atoms with E-state index in [0.29, 0.717) is 76.1 Å². The summed E-state index contributed by atoms with van der Waals surface area (Å²) in [6.45, 7) is 9.88. The van der Waals surface area contributed by atoms with Crippen molar-refractivity contribution in [3.8, 4) is 5.75 Å². The van der Waals surface area contributed by atoms with Crippen LogP contribution in [0.3, 0.4) is 0 Å². The third-order valence-electron chi connectivity index (χ3n) is 13.5. The monoisotopic (exact) mass is 1160 g/mol. The second-order valence-corrected chi connectivity index (χ2v) is 21.6. The number of aromatic amines is 1. The number of aromatic nitrogens is 3. The van der Waals surface area contributed by atoms with Crippen molar-refractivity contribution >= 4 is 62.4 Å². The van der Waals surface area contributed by atoms with E-state index in [2.05, 4.69) is 46.6 Å². The molecule has 1 aliphatic rings. The van der Waals surface area contributed by atoms with Gasteiger partial charge in [-0.1, -0.05) is 19.9 Å². The molecule has 5 rings (SSSR count). The zero-order valence-corrected chi connectivity index (χ0v) is 47.9. The lowest BCUT2D eigenvalue weighted by atomic mass is 10.1. The Morgan fingerprint density at radius 3 is 2.06 bits per heavy atom. The molecular weight excluding hydrogens is 1080 g/mol. The van der Waals surface area contributed by atoms with Crippen LogP contribution in [0.15, 0.2) is 58.6 Å². The fraction of sp³-hybridized carbons (Fsp3) is 0.519. The Labute approximate surface area is 477 Å². The van der Waals surface area contributed by atoms with E-state index in [-0.39, 0.29) is 91.3 Å². The number of carbonyl (C=O) groups is 6. The number of sulfonamides is 1. The molecule has 1 fully saturated rings. The molecule has 1 aliphatic heterocycles. The number of nitrogens with one attached hydrogen (secondary N) is 8. The van der Waals surface area contributed by atoms with Gasteiger partial charge < -0.3 is 61.5 Å². The van der Waals surface area contributed by atoms with Crippen molar-refractivity contribution in [1.82, 2.24) is 65.4 Å². The Morgan fingerprint density at radius 2 is 1.43 bits per heavy atom. The normalized spacial score (nSPS) is 15.6. The molecule has 2 aromatic carbocycles. The molecule has 0 aliphatic carbocycles. The zero-order valence-electron chi connectivity index (χ0n) is 47.0. The van der Waals surface area contributed by atoms with Gasteiger partial charge in [0.05, 0.1) is 23.6 Å². The second kappa shape index (κ2) is 32.0. The fourth-order valence-corrected chi connectivity index (χ4v) is 10.7. The summed E-state index contributed by atoms with van der Waals surface area (Å²) in [5.41, 5.74) is 0.979. The highest BCUT2D eigenvalue weighted by molar-refractivity contribution is 7.89. The lowest BCUT2D eigenvalue weighted by Crippen LogP contribution is -2.55. The van der Waals surface area contributed by atoms with E-state index >= 15 is 0 Å². The van der Waals surface area contributed by atoms with Gasteiger partial charge in [0.1, 0.15) is 29.4 Å². The van der Waals surface area contributed by atoms with Crippen LogP contribution in [0.4, 0.5) is 5.95 Å². The van der Waals surface area contributed by atoms with Gasteiger partial charge in [0, 0.05) is 137 Å². The van der Waals surface area contributed by atoms with Gasteiger partial charge in [0.15, 0.2) is 12.2 Å². The van der Waals surface area contributed by atoms with Crippen molar-refractivity contribution in [3.05, 3.63) is 95.5 Å². The maximum absolute atomic E-state index is 13.7. The van der Waals surface area contributed by atoms with Crippen molar-refractivity contribution in [2.75, 3.05) is 97.0 Å². The standard InChI is InChI=1S/C54H78N14O13S/c1-8-41(62-52(76)42(9-2)61-46(70)33-67-22-20-64(5)18-19-65(6)21-23-68(25-24-67)34-47(71)72)51(75)56-15-14-55-45(69)11-10-26-81-38-27-35(3)49(36(4)28-38)82(79,80)63-43(53(77)78)31-59-50(74)40-32-66(7)44-29-37(12-13-39(44)48(40)73)30-60-54-57-16-17-58-54/h5-6,12-13,16-17,27-29,32,41-43,47,63,71-72H,8-11,14-15,18-26,30-31,33-34H2,1-4,7H3,(H,55,69)(H,56,75)(H,59,74)(H,61,70)(H,62,76)(H,77,78)(H2,57,58,60)/t41-,42-,43?/m0/s1. The molecule has 0 saturated carbocycles. The summed E-state index contributed by atoms with van der Waals surface area (Å²) in [6, 6.07) is 4.34. The molecule has 11 N–H and O–H groups in total. The number of carboxylic acid groups (broad SMARTS) is 1. The SMILES string of the molecule is [CH]N1CCN([CH])CCN(CC(O)O)CCN(CC(=O)N[C@@H](CC)C(=O)N[C@@H](CC)C(=O)NCCNC(=O)CCCOc2cc(C)c(S(=O)(=O)NC(CNC(=O)c3cn(C)c4cc(CNc5ncc[nH]5)ccc4c3=O)C(=O)O)c(C)c2)CC1. The van der Waals surface area contributed by atoms with E-state index in [1.807, 2.05) is 9.80 Å². The molecular formula is C54H78N14O13S. The Kier molecular flexibility index (Phi) is 25.6. The van der Waals surface area contributed by atoms with Crippen LogP contribution in [0, 0.1) is 27.9 Å².